The summed E-state index contributed by atoms with van der Waals surface area (Å²) in [5.41, 5.74) is 3.23. The van der Waals surface area contributed by atoms with Crippen LogP contribution in [0.4, 0.5) is 5.69 Å². The number of benzene rings is 2. The van der Waals surface area contributed by atoms with Crippen molar-refractivity contribution >= 4 is 21.6 Å². The summed E-state index contributed by atoms with van der Waals surface area (Å²) >= 11 is 3.53. The normalized spacial score (nSPS) is 10.3. The first-order valence-electron chi connectivity index (χ1n) is 5.96. The van der Waals surface area contributed by atoms with Gasteiger partial charge in [-0.1, -0.05) is 12.1 Å². The van der Waals surface area contributed by atoms with E-state index in [0.29, 0.717) is 12.3 Å². The second kappa shape index (κ2) is 5.97. The number of hydrogen-bond acceptors (Lipinski definition) is 3. The van der Waals surface area contributed by atoms with Gasteiger partial charge in [0.1, 0.15) is 0 Å². The third-order valence-corrected chi connectivity index (χ3v) is 3.51. The van der Waals surface area contributed by atoms with Crippen LogP contribution in [-0.4, -0.2) is 12.2 Å². The zero-order valence-electron chi connectivity index (χ0n) is 10.9. The lowest BCUT2D eigenvalue weighted by Gasteiger charge is -2.10. The highest BCUT2D eigenvalue weighted by molar-refractivity contribution is 9.10. The number of aryl methyl sites for hydroxylation is 1. The number of anilines is 1. The average Bonchev–Trinajstić information content (AvgIpc) is 2.38. The molecule has 3 nitrogen and oxygen atoms in total. The van der Waals surface area contributed by atoms with Crippen LogP contribution in [0.1, 0.15) is 11.1 Å². The summed E-state index contributed by atoms with van der Waals surface area (Å²) in [7, 11) is 1.54. The van der Waals surface area contributed by atoms with Gasteiger partial charge in [-0.15, -0.1) is 0 Å². The lowest BCUT2D eigenvalue weighted by Crippen LogP contribution is -2.00. The van der Waals surface area contributed by atoms with Crippen LogP contribution < -0.4 is 10.1 Å². The molecule has 0 aliphatic rings. The molecule has 2 aromatic carbocycles. The Balaban J connectivity index is 2.08. The second-order valence-electron chi connectivity index (χ2n) is 4.34. The van der Waals surface area contributed by atoms with Crippen LogP contribution in [0.2, 0.25) is 0 Å². The zero-order valence-corrected chi connectivity index (χ0v) is 12.5. The monoisotopic (exact) mass is 321 g/mol. The number of aromatic hydroxyl groups is 1. The number of nitrogens with one attached hydrogen (secondary N) is 1. The van der Waals surface area contributed by atoms with Gasteiger partial charge in [-0.2, -0.15) is 0 Å². The Labute approximate surface area is 121 Å². The molecule has 0 saturated heterocycles. The van der Waals surface area contributed by atoms with Crippen molar-refractivity contribution in [2.24, 2.45) is 0 Å². The van der Waals surface area contributed by atoms with Gasteiger partial charge in [-0.05, 0) is 58.2 Å². The van der Waals surface area contributed by atoms with Gasteiger partial charge in [-0.3, -0.25) is 0 Å². The van der Waals surface area contributed by atoms with Gasteiger partial charge in [0.05, 0.1) is 7.11 Å². The maximum absolute atomic E-state index is 9.72. The highest BCUT2D eigenvalue weighted by Crippen LogP contribution is 2.28. The van der Waals surface area contributed by atoms with E-state index in [4.69, 9.17) is 4.74 Å². The molecule has 0 unspecified atom stereocenters. The predicted molar refractivity (Wildman–Crippen MR) is 80.9 cm³/mol. The number of phenolic OH excluding ortho intramolecular Hbond substituents is 1. The maximum Gasteiger partial charge on any atom is 0.160 e. The van der Waals surface area contributed by atoms with Crippen molar-refractivity contribution in [2.75, 3.05) is 12.4 Å². The van der Waals surface area contributed by atoms with Crippen molar-refractivity contribution in [3.05, 3.63) is 52.0 Å². The predicted octanol–water partition coefficient (Wildman–Crippen LogP) is 4.08. The van der Waals surface area contributed by atoms with E-state index in [1.165, 1.54) is 12.7 Å². The third kappa shape index (κ3) is 3.41. The Bertz CT molecular complexity index is 584. The molecule has 0 aromatic heterocycles. The number of rotatable bonds is 4. The maximum atomic E-state index is 9.72. The fourth-order valence-electron chi connectivity index (χ4n) is 1.81. The summed E-state index contributed by atoms with van der Waals surface area (Å²) in [6.45, 7) is 2.69. The molecule has 0 saturated carbocycles. The number of ether oxygens (including phenoxy) is 1. The van der Waals surface area contributed by atoms with Crippen LogP contribution >= 0.6 is 15.9 Å². The van der Waals surface area contributed by atoms with Gasteiger partial charge in [0.2, 0.25) is 0 Å². The van der Waals surface area contributed by atoms with Crippen LogP contribution in [0, 0.1) is 6.92 Å². The fourth-order valence-corrected chi connectivity index (χ4v) is 2.44. The van der Waals surface area contributed by atoms with Gasteiger partial charge < -0.3 is 15.2 Å². The molecule has 0 aliphatic heterocycles. The van der Waals surface area contributed by atoms with Gasteiger partial charge >= 0.3 is 0 Å². The minimum Gasteiger partial charge on any atom is -0.504 e. The lowest BCUT2D eigenvalue weighted by atomic mass is 10.2. The first kappa shape index (κ1) is 13.7. The Kier molecular flexibility index (Phi) is 4.32. The van der Waals surface area contributed by atoms with Crippen molar-refractivity contribution in [3.63, 3.8) is 0 Å². The Morgan fingerprint density at radius 2 is 2.00 bits per heavy atom. The lowest BCUT2D eigenvalue weighted by molar-refractivity contribution is 0.373. The SMILES string of the molecule is COc1ccc(CNc2ccc(C)cc2Br)cc1O. The number of phenols is 1. The first-order valence-corrected chi connectivity index (χ1v) is 6.75. The summed E-state index contributed by atoms with van der Waals surface area (Å²) in [6, 6.07) is 11.5. The molecule has 2 aromatic rings. The summed E-state index contributed by atoms with van der Waals surface area (Å²) in [4.78, 5) is 0. The Hall–Kier alpha value is -1.68. The van der Waals surface area contributed by atoms with Crippen molar-refractivity contribution in [2.45, 2.75) is 13.5 Å². The molecular formula is C15H16BrNO2. The van der Waals surface area contributed by atoms with E-state index in [2.05, 4.69) is 40.3 Å². The Morgan fingerprint density at radius 1 is 1.21 bits per heavy atom. The summed E-state index contributed by atoms with van der Waals surface area (Å²) in [6.07, 6.45) is 0. The van der Waals surface area contributed by atoms with Gasteiger partial charge in [-0.25, -0.2) is 0 Å². The smallest absolute Gasteiger partial charge is 0.160 e. The van der Waals surface area contributed by atoms with E-state index in [1.54, 1.807) is 12.1 Å². The van der Waals surface area contributed by atoms with Crippen LogP contribution in [-0.2, 0) is 6.54 Å². The van der Waals surface area contributed by atoms with E-state index < -0.39 is 0 Å². The quantitative estimate of drug-likeness (QED) is 0.891. The van der Waals surface area contributed by atoms with Crippen molar-refractivity contribution in [3.8, 4) is 11.5 Å². The molecule has 0 fully saturated rings. The van der Waals surface area contributed by atoms with Gasteiger partial charge in [0, 0.05) is 16.7 Å². The molecule has 0 radical (unpaired) electrons. The van der Waals surface area contributed by atoms with Crippen LogP contribution in [0.25, 0.3) is 0 Å². The standard InChI is InChI=1S/C15H16BrNO2/c1-10-3-5-13(12(16)7-10)17-9-11-4-6-15(19-2)14(18)8-11/h3-8,17-18H,9H2,1-2H3. The number of halogens is 1. The molecule has 0 spiro atoms. The van der Waals surface area contributed by atoms with Gasteiger partial charge in [0.25, 0.3) is 0 Å². The molecular weight excluding hydrogens is 306 g/mol. The van der Waals surface area contributed by atoms with E-state index >= 15 is 0 Å². The van der Waals surface area contributed by atoms with E-state index in [9.17, 15) is 5.11 Å². The molecule has 0 amide bonds. The second-order valence-corrected chi connectivity index (χ2v) is 5.20. The molecule has 0 atom stereocenters. The molecule has 2 rings (SSSR count). The molecule has 0 heterocycles. The zero-order chi connectivity index (χ0) is 13.8. The fraction of sp³-hybridized carbons (Fsp3) is 0.200. The topological polar surface area (TPSA) is 41.5 Å². The van der Waals surface area contributed by atoms with E-state index in [0.717, 1.165) is 15.7 Å². The van der Waals surface area contributed by atoms with Crippen LogP contribution in [0.3, 0.4) is 0 Å². The third-order valence-electron chi connectivity index (χ3n) is 2.85. The molecule has 4 heteroatoms. The van der Waals surface area contributed by atoms with E-state index in [1.807, 2.05) is 12.1 Å². The number of hydrogen-bond donors (Lipinski definition) is 2. The molecule has 0 bridgehead atoms. The Morgan fingerprint density at radius 3 is 2.63 bits per heavy atom. The largest absolute Gasteiger partial charge is 0.504 e. The molecule has 19 heavy (non-hydrogen) atoms. The molecule has 2 N–H and O–H groups in total. The van der Waals surface area contributed by atoms with Crippen molar-refractivity contribution in [1.29, 1.82) is 0 Å². The van der Waals surface area contributed by atoms with Crippen LogP contribution in [0.15, 0.2) is 40.9 Å². The highest BCUT2D eigenvalue weighted by Gasteiger charge is 2.04. The van der Waals surface area contributed by atoms with Crippen LogP contribution in [0.5, 0.6) is 11.5 Å². The minimum absolute atomic E-state index is 0.157. The average molecular weight is 322 g/mol. The number of methoxy groups -OCH3 is 1. The highest BCUT2D eigenvalue weighted by atomic mass is 79.9. The van der Waals surface area contributed by atoms with Gasteiger partial charge in [0.15, 0.2) is 11.5 Å². The van der Waals surface area contributed by atoms with Crippen molar-refractivity contribution in [1.82, 2.24) is 0 Å². The summed E-state index contributed by atoms with van der Waals surface area (Å²) in [5, 5.41) is 13.0. The summed E-state index contributed by atoms with van der Waals surface area (Å²) < 4.78 is 6.05. The molecule has 0 aliphatic carbocycles. The first-order chi connectivity index (χ1) is 9.10. The minimum atomic E-state index is 0.157. The summed E-state index contributed by atoms with van der Waals surface area (Å²) in [5.74, 6) is 0.644. The van der Waals surface area contributed by atoms with Crippen molar-refractivity contribution < 1.29 is 9.84 Å². The molecule has 100 valence electrons. The van der Waals surface area contributed by atoms with E-state index in [-0.39, 0.29) is 5.75 Å².